The summed E-state index contributed by atoms with van der Waals surface area (Å²) in [4.78, 5) is 3.92. The summed E-state index contributed by atoms with van der Waals surface area (Å²) in [5.74, 6) is 0.916. The summed E-state index contributed by atoms with van der Waals surface area (Å²) in [7, 11) is 0. The minimum atomic E-state index is -4.30. The zero-order valence-electron chi connectivity index (χ0n) is 9.59. The second-order valence-electron chi connectivity index (χ2n) is 4.46. The Morgan fingerprint density at radius 2 is 2.24 bits per heavy atom. The Balaban J connectivity index is 1.98. The lowest BCUT2D eigenvalue weighted by Gasteiger charge is -2.09. The Morgan fingerprint density at radius 1 is 1.47 bits per heavy atom. The number of rotatable bonds is 4. The van der Waals surface area contributed by atoms with E-state index < -0.39 is 11.7 Å². The van der Waals surface area contributed by atoms with E-state index in [1.54, 1.807) is 0 Å². The maximum atomic E-state index is 12.5. The maximum absolute atomic E-state index is 12.5. The Kier molecular flexibility index (Phi) is 3.26. The summed E-state index contributed by atoms with van der Waals surface area (Å²) in [6.45, 7) is 2.11. The second-order valence-corrected chi connectivity index (χ2v) is 4.46. The SMILES string of the molecule is CCCC1CC1Nc1cc(C(F)(F)F)ccn1. The number of halogens is 3. The van der Waals surface area contributed by atoms with Gasteiger partial charge in [-0.15, -0.1) is 0 Å². The Bertz CT molecular complexity index is 390. The van der Waals surface area contributed by atoms with Gasteiger partial charge in [0.25, 0.3) is 0 Å². The number of hydrogen-bond acceptors (Lipinski definition) is 2. The van der Waals surface area contributed by atoms with Crippen molar-refractivity contribution in [2.75, 3.05) is 5.32 Å². The highest BCUT2D eigenvalue weighted by atomic mass is 19.4. The van der Waals surface area contributed by atoms with Gasteiger partial charge in [0.1, 0.15) is 5.82 Å². The summed E-state index contributed by atoms with van der Waals surface area (Å²) < 4.78 is 37.4. The van der Waals surface area contributed by atoms with Crippen LogP contribution in [-0.4, -0.2) is 11.0 Å². The van der Waals surface area contributed by atoms with Gasteiger partial charge in [-0.3, -0.25) is 0 Å². The summed E-state index contributed by atoms with van der Waals surface area (Å²) in [5, 5.41) is 3.05. The zero-order chi connectivity index (χ0) is 12.5. The van der Waals surface area contributed by atoms with E-state index in [2.05, 4.69) is 17.2 Å². The molecule has 17 heavy (non-hydrogen) atoms. The van der Waals surface area contributed by atoms with Crippen molar-refractivity contribution in [2.45, 2.75) is 38.4 Å². The summed E-state index contributed by atoms with van der Waals surface area (Å²) >= 11 is 0. The molecule has 1 aromatic rings. The van der Waals surface area contributed by atoms with E-state index in [1.807, 2.05) is 0 Å². The molecule has 1 aromatic heterocycles. The van der Waals surface area contributed by atoms with Crippen LogP contribution >= 0.6 is 0 Å². The monoisotopic (exact) mass is 244 g/mol. The van der Waals surface area contributed by atoms with Gasteiger partial charge in [-0.1, -0.05) is 13.3 Å². The van der Waals surface area contributed by atoms with Crippen molar-refractivity contribution in [1.82, 2.24) is 4.98 Å². The van der Waals surface area contributed by atoms with Crippen molar-refractivity contribution in [3.05, 3.63) is 23.9 Å². The Labute approximate surface area is 98.2 Å². The number of nitrogens with one attached hydrogen (secondary N) is 1. The predicted molar refractivity (Wildman–Crippen MR) is 59.7 cm³/mol. The van der Waals surface area contributed by atoms with E-state index in [1.165, 1.54) is 6.20 Å². The number of hydrogen-bond donors (Lipinski definition) is 1. The molecule has 0 amide bonds. The van der Waals surface area contributed by atoms with Crippen molar-refractivity contribution in [3.63, 3.8) is 0 Å². The molecule has 0 bridgehead atoms. The van der Waals surface area contributed by atoms with Crippen LogP contribution in [0.5, 0.6) is 0 Å². The van der Waals surface area contributed by atoms with Crippen LogP contribution in [0.1, 0.15) is 31.7 Å². The van der Waals surface area contributed by atoms with Gasteiger partial charge in [0.05, 0.1) is 5.56 Å². The lowest BCUT2D eigenvalue weighted by atomic mass is 10.2. The van der Waals surface area contributed by atoms with E-state index in [0.717, 1.165) is 31.4 Å². The molecule has 94 valence electrons. The minimum absolute atomic E-state index is 0.297. The molecule has 0 spiro atoms. The zero-order valence-corrected chi connectivity index (χ0v) is 9.59. The van der Waals surface area contributed by atoms with Gasteiger partial charge < -0.3 is 5.32 Å². The minimum Gasteiger partial charge on any atom is -0.367 e. The third kappa shape index (κ3) is 3.11. The fraction of sp³-hybridized carbons (Fsp3) is 0.583. The molecule has 2 nitrogen and oxygen atoms in total. The van der Waals surface area contributed by atoms with Gasteiger partial charge in [0.15, 0.2) is 0 Å². The van der Waals surface area contributed by atoms with Crippen LogP contribution in [0.4, 0.5) is 19.0 Å². The molecule has 1 N–H and O–H groups in total. The first-order chi connectivity index (χ1) is 8.00. The van der Waals surface area contributed by atoms with Crippen LogP contribution in [0.25, 0.3) is 0 Å². The summed E-state index contributed by atoms with van der Waals surface area (Å²) in [5.41, 5.74) is -0.650. The van der Waals surface area contributed by atoms with E-state index in [0.29, 0.717) is 17.8 Å². The number of alkyl halides is 3. The number of nitrogens with zero attached hydrogens (tertiary/aromatic N) is 1. The molecule has 1 heterocycles. The maximum Gasteiger partial charge on any atom is 0.416 e. The highest BCUT2D eigenvalue weighted by molar-refractivity contribution is 5.41. The molecule has 2 unspecified atom stereocenters. The first kappa shape index (κ1) is 12.2. The second kappa shape index (κ2) is 4.55. The van der Waals surface area contributed by atoms with Crippen molar-refractivity contribution in [1.29, 1.82) is 0 Å². The molecular formula is C12H15F3N2. The van der Waals surface area contributed by atoms with Gasteiger partial charge in [0, 0.05) is 12.2 Å². The molecular weight excluding hydrogens is 229 g/mol. The first-order valence-electron chi connectivity index (χ1n) is 5.80. The van der Waals surface area contributed by atoms with Gasteiger partial charge >= 0.3 is 6.18 Å². The third-order valence-corrected chi connectivity index (χ3v) is 3.00. The highest BCUT2D eigenvalue weighted by Gasteiger charge is 2.37. The average molecular weight is 244 g/mol. The van der Waals surface area contributed by atoms with E-state index >= 15 is 0 Å². The fourth-order valence-electron chi connectivity index (χ4n) is 1.99. The van der Waals surface area contributed by atoms with Crippen LogP contribution in [0.15, 0.2) is 18.3 Å². The van der Waals surface area contributed by atoms with Gasteiger partial charge in [-0.05, 0) is 30.9 Å². The van der Waals surface area contributed by atoms with Crippen molar-refractivity contribution in [2.24, 2.45) is 5.92 Å². The van der Waals surface area contributed by atoms with Crippen LogP contribution in [0.3, 0.4) is 0 Å². The van der Waals surface area contributed by atoms with E-state index in [9.17, 15) is 13.2 Å². The van der Waals surface area contributed by atoms with Crippen molar-refractivity contribution < 1.29 is 13.2 Å². The largest absolute Gasteiger partial charge is 0.416 e. The number of pyridine rings is 1. The van der Waals surface area contributed by atoms with E-state index in [-0.39, 0.29) is 0 Å². The van der Waals surface area contributed by atoms with E-state index in [4.69, 9.17) is 0 Å². The molecule has 1 fully saturated rings. The lowest BCUT2D eigenvalue weighted by Crippen LogP contribution is -2.09. The Hall–Kier alpha value is -1.26. The molecule has 1 aliphatic rings. The highest BCUT2D eigenvalue weighted by Crippen LogP contribution is 2.37. The Morgan fingerprint density at radius 3 is 2.88 bits per heavy atom. The van der Waals surface area contributed by atoms with Crippen LogP contribution in [0, 0.1) is 5.92 Å². The van der Waals surface area contributed by atoms with Gasteiger partial charge in [-0.2, -0.15) is 13.2 Å². The number of anilines is 1. The molecule has 2 atom stereocenters. The van der Waals surface area contributed by atoms with Crippen LogP contribution in [-0.2, 0) is 6.18 Å². The topological polar surface area (TPSA) is 24.9 Å². The summed E-state index contributed by atoms with van der Waals surface area (Å²) in [6, 6.07) is 2.36. The normalized spacial score (nSPS) is 23.5. The predicted octanol–water partition coefficient (Wildman–Crippen LogP) is 3.70. The van der Waals surface area contributed by atoms with Crippen molar-refractivity contribution >= 4 is 5.82 Å². The molecule has 2 rings (SSSR count). The van der Waals surface area contributed by atoms with Crippen LogP contribution < -0.4 is 5.32 Å². The smallest absolute Gasteiger partial charge is 0.367 e. The fourth-order valence-corrected chi connectivity index (χ4v) is 1.99. The third-order valence-electron chi connectivity index (χ3n) is 3.00. The number of aromatic nitrogens is 1. The summed E-state index contributed by atoms with van der Waals surface area (Å²) in [6.07, 6.45) is 0.162. The lowest BCUT2D eigenvalue weighted by molar-refractivity contribution is -0.137. The molecule has 5 heteroatoms. The molecule has 1 saturated carbocycles. The van der Waals surface area contributed by atoms with Gasteiger partial charge in [-0.25, -0.2) is 4.98 Å². The van der Waals surface area contributed by atoms with Gasteiger partial charge in [0.2, 0.25) is 0 Å². The molecule has 1 aliphatic carbocycles. The van der Waals surface area contributed by atoms with Crippen molar-refractivity contribution in [3.8, 4) is 0 Å². The standard InChI is InChI=1S/C12H15F3N2/c1-2-3-8-6-10(8)17-11-7-9(4-5-16-11)12(13,14)15/h4-5,7-8,10H,2-3,6H2,1H3,(H,16,17). The first-order valence-corrected chi connectivity index (χ1v) is 5.80. The molecule has 0 aromatic carbocycles. The molecule has 0 saturated heterocycles. The molecule has 0 radical (unpaired) electrons. The molecule has 0 aliphatic heterocycles. The quantitative estimate of drug-likeness (QED) is 0.873. The average Bonchev–Trinajstić information content (AvgIpc) is 2.96. The van der Waals surface area contributed by atoms with Crippen LogP contribution in [0.2, 0.25) is 0 Å².